The summed E-state index contributed by atoms with van der Waals surface area (Å²) in [5, 5.41) is 2.47. The fraction of sp³-hybridized carbons (Fsp3) is 0.222. The Balaban J connectivity index is 1.85. The molecule has 2 aromatic carbocycles. The summed E-state index contributed by atoms with van der Waals surface area (Å²) < 4.78 is 18.9. The predicted octanol–water partition coefficient (Wildman–Crippen LogP) is 1.56. The summed E-state index contributed by atoms with van der Waals surface area (Å²) in [6, 6.07) is 14.4. The molecule has 0 fully saturated rings. The van der Waals surface area contributed by atoms with Gasteiger partial charge >= 0.3 is 0 Å². The van der Waals surface area contributed by atoms with Crippen LogP contribution in [-0.2, 0) is 27.4 Å². The second-order valence-corrected chi connectivity index (χ2v) is 5.30. The van der Waals surface area contributed by atoms with Gasteiger partial charge in [-0.25, -0.2) is 4.39 Å². The SMILES string of the molecule is NC(=O)[C@@H](Cc1ccccc1F)NC(=O)COCc1ccccc1. The van der Waals surface area contributed by atoms with Crippen LogP contribution in [0.5, 0.6) is 0 Å². The molecule has 126 valence electrons. The van der Waals surface area contributed by atoms with E-state index in [0.29, 0.717) is 5.56 Å². The number of nitrogens with two attached hydrogens (primary N) is 1. The lowest BCUT2D eigenvalue weighted by Gasteiger charge is -2.16. The fourth-order valence-corrected chi connectivity index (χ4v) is 2.18. The molecule has 0 aromatic heterocycles. The molecule has 0 bridgehead atoms. The number of benzene rings is 2. The molecule has 1 atom stereocenters. The highest BCUT2D eigenvalue weighted by atomic mass is 19.1. The van der Waals surface area contributed by atoms with Gasteiger partial charge in [0.15, 0.2) is 0 Å². The maximum Gasteiger partial charge on any atom is 0.246 e. The molecular weight excluding hydrogens is 311 g/mol. The van der Waals surface area contributed by atoms with Crippen molar-refractivity contribution >= 4 is 11.8 Å². The summed E-state index contributed by atoms with van der Waals surface area (Å²) in [4.78, 5) is 23.4. The summed E-state index contributed by atoms with van der Waals surface area (Å²) in [6.07, 6.45) is -0.00751. The van der Waals surface area contributed by atoms with Crippen molar-refractivity contribution in [2.24, 2.45) is 5.73 Å². The highest BCUT2D eigenvalue weighted by Gasteiger charge is 2.20. The van der Waals surface area contributed by atoms with Crippen molar-refractivity contribution in [2.75, 3.05) is 6.61 Å². The number of amides is 2. The molecule has 0 saturated heterocycles. The molecule has 2 amide bonds. The quantitative estimate of drug-likeness (QED) is 0.770. The third-order valence-electron chi connectivity index (χ3n) is 3.41. The highest BCUT2D eigenvalue weighted by molar-refractivity contribution is 5.87. The van der Waals surface area contributed by atoms with Crippen molar-refractivity contribution in [1.29, 1.82) is 0 Å². The summed E-state index contributed by atoms with van der Waals surface area (Å²) in [5.41, 5.74) is 6.53. The van der Waals surface area contributed by atoms with Gasteiger partial charge in [0.05, 0.1) is 6.61 Å². The van der Waals surface area contributed by atoms with Crippen molar-refractivity contribution in [3.05, 3.63) is 71.5 Å². The highest BCUT2D eigenvalue weighted by Crippen LogP contribution is 2.09. The lowest BCUT2D eigenvalue weighted by Crippen LogP contribution is -2.47. The van der Waals surface area contributed by atoms with E-state index in [1.54, 1.807) is 18.2 Å². The molecule has 2 aromatic rings. The molecule has 0 saturated carbocycles. The Hall–Kier alpha value is -2.73. The van der Waals surface area contributed by atoms with Gasteiger partial charge in [-0.2, -0.15) is 0 Å². The molecule has 0 aliphatic heterocycles. The normalized spacial score (nSPS) is 11.7. The van der Waals surface area contributed by atoms with Crippen molar-refractivity contribution in [2.45, 2.75) is 19.1 Å². The van der Waals surface area contributed by atoms with E-state index in [1.165, 1.54) is 6.07 Å². The zero-order chi connectivity index (χ0) is 17.4. The van der Waals surface area contributed by atoms with Crippen LogP contribution in [0, 0.1) is 5.82 Å². The Bertz CT molecular complexity index is 692. The first-order valence-electron chi connectivity index (χ1n) is 7.50. The number of hydrogen-bond acceptors (Lipinski definition) is 3. The van der Waals surface area contributed by atoms with E-state index in [-0.39, 0.29) is 19.6 Å². The second-order valence-electron chi connectivity index (χ2n) is 5.30. The first kappa shape index (κ1) is 17.6. The van der Waals surface area contributed by atoms with E-state index in [9.17, 15) is 14.0 Å². The van der Waals surface area contributed by atoms with Crippen LogP contribution in [0.1, 0.15) is 11.1 Å². The van der Waals surface area contributed by atoms with E-state index in [2.05, 4.69) is 5.32 Å². The summed E-state index contributed by atoms with van der Waals surface area (Å²) >= 11 is 0. The zero-order valence-corrected chi connectivity index (χ0v) is 13.1. The average Bonchev–Trinajstić information content (AvgIpc) is 2.57. The number of carbonyl (C=O) groups is 2. The minimum Gasteiger partial charge on any atom is -0.368 e. The lowest BCUT2D eigenvalue weighted by atomic mass is 10.0. The molecular formula is C18H19FN2O3. The molecule has 0 aliphatic carbocycles. The molecule has 0 aliphatic rings. The van der Waals surface area contributed by atoms with Gasteiger partial charge in [-0.05, 0) is 17.2 Å². The van der Waals surface area contributed by atoms with Crippen LogP contribution in [0.2, 0.25) is 0 Å². The van der Waals surface area contributed by atoms with Gasteiger partial charge < -0.3 is 15.8 Å². The van der Waals surface area contributed by atoms with Gasteiger partial charge in [-0.15, -0.1) is 0 Å². The van der Waals surface area contributed by atoms with E-state index in [0.717, 1.165) is 5.56 Å². The molecule has 3 N–H and O–H groups in total. The van der Waals surface area contributed by atoms with Crippen LogP contribution in [0.15, 0.2) is 54.6 Å². The Kier molecular flexibility index (Phi) is 6.45. The Morgan fingerprint density at radius 3 is 2.42 bits per heavy atom. The van der Waals surface area contributed by atoms with E-state index < -0.39 is 23.7 Å². The fourth-order valence-electron chi connectivity index (χ4n) is 2.18. The van der Waals surface area contributed by atoms with Gasteiger partial charge in [0.2, 0.25) is 11.8 Å². The smallest absolute Gasteiger partial charge is 0.246 e. The topological polar surface area (TPSA) is 81.4 Å². The Morgan fingerprint density at radius 1 is 1.08 bits per heavy atom. The lowest BCUT2D eigenvalue weighted by molar-refractivity contribution is -0.130. The van der Waals surface area contributed by atoms with Gasteiger partial charge in [0, 0.05) is 6.42 Å². The third-order valence-corrected chi connectivity index (χ3v) is 3.41. The van der Waals surface area contributed by atoms with Crippen molar-refractivity contribution in [3.8, 4) is 0 Å². The van der Waals surface area contributed by atoms with Crippen molar-refractivity contribution < 1.29 is 18.7 Å². The number of halogens is 1. The first-order valence-corrected chi connectivity index (χ1v) is 7.50. The standard InChI is InChI=1S/C18H19FN2O3/c19-15-9-5-4-8-14(15)10-16(18(20)23)21-17(22)12-24-11-13-6-2-1-3-7-13/h1-9,16H,10-12H2,(H2,20,23)(H,21,22)/t16-/m1/s1. The number of nitrogens with one attached hydrogen (secondary N) is 1. The summed E-state index contributed by atoms with van der Waals surface area (Å²) in [6.45, 7) is 0.0682. The predicted molar refractivity (Wildman–Crippen MR) is 87.3 cm³/mol. The van der Waals surface area contributed by atoms with Crippen LogP contribution in [0.25, 0.3) is 0 Å². The zero-order valence-electron chi connectivity index (χ0n) is 13.1. The minimum atomic E-state index is -0.991. The third kappa shape index (κ3) is 5.48. The molecule has 6 heteroatoms. The van der Waals surface area contributed by atoms with Crippen LogP contribution in [-0.4, -0.2) is 24.5 Å². The molecule has 0 radical (unpaired) electrons. The number of carbonyl (C=O) groups excluding carboxylic acids is 2. The van der Waals surface area contributed by atoms with Crippen molar-refractivity contribution in [1.82, 2.24) is 5.32 Å². The number of primary amides is 1. The van der Waals surface area contributed by atoms with Gasteiger partial charge in [0.1, 0.15) is 18.5 Å². The maximum absolute atomic E-state index is 13.7. The van der Waals surface area contributed by atoms with Gasteiger partial charge in [0.25, 0.3) is 0 Å². The van der Waals surface area contributed by atoms with Gasteiger partial charge in [-0.3, -0.25) is 9.59 Å². The Labute approximate surface area is 139 Å². The molecule has 0 spiro atoms. The molecule has 5 nitrogen and oxygen atoms in total. The molecule has 2 rings (SSSR count). The van der Waals surface area contributed by atoms with E-state index in [4.69, 9.17) is 10.5 Å². The van der Waals surface area contributed by atoms with E-state index >= 15 is 0 Å². The van der Waals surface area contributed by atoms with Crippen LogP contribution < -0.4 is 11.1 Å². The van der Waals surface area contributed by atoms with Crippen LogP contribution in [0.4, 0.5) is 4.39 Å². The maximum atomic E-state index is 13.7. The molecule has 24 heavy (non-hydrogen) atoms. The van der Waals surface area contributed by atoms with Crippen molar-refractivity contribution in [3.63, 3.8) is 0 Å². The van der Waals surface area contributed by atoms with Crippen LogP contribution >= 0.6 is 0 Å². The summed E-state index contributed by atoms with van der Waals surface area (Å²) in [7, 11) is 0. The summed E-state index contributed by atoms with van der Waals surface area (Å²) in [5.74, 6) is -1.65. The monoisotopic (exact) mass is 330 g/mol. The van der Waals surface area contributed by atoms with Gasteiger partial charge in [-0.1, -0.05) is 48.5 Å². The van der Waals surface area contributed by atoms with Crippen LogP contribution in [0.3, 0.4) is 0 Å². The minimum absolute atomic E-state index is 0.00751. The molecule has 0 unspecified atom stereocenters. The number of hydrogen-bond donors (Lipinski definition) is 2. The average molecular weight is 330 g/mol. The Morgan fingerprint density at radius 2 is 1.75 bits per heavy atom. The first-order chi connectivity index (χ1) is 11.6. The second kappa shape index (κ2) is 8.79. The number of ether oxygens (including phenoxy) is 1. The van der Waals surface area contributed by atoms with E-state index in [1.807, 2.05) is 30.3 Å². The molecule has 0 heterocycles. The largest absolute Gasteiger partial charge is 0.368 e. The number of rotatable bonds is 8.